The second-order valence-electron chi connectivity index (χ2n) is 6.11. The van der Waals surface area contributed by atoms with Crippen molar-refractivity contribution >= 4 is 23.5 Å². The van der Waals surface area contributed by atoms with Crippen LogP contribution in [0.3, 0.4) is 0 Å². The van der Waals surface area contributed by atoms with Crippen LogP contribution in [0.5, 0.6) is 0 Å². The average Bonchev–Trinajstić information content (AvgIpc) is 2.47. The SMILES string of the molecule is CC(C)(C)OC(=O)Nc1ccc(NC(=O)c2c(F)cccc2F)cn1. The number of ether oxygens (including phenoxy) is 1. The minimum absolute atomic E-state index is 0.198. The number of halogens is 2. The molecule has 0 bridgehead atoms. The third-order valence-corrected chi connectivity index (χ3v) is 2.84. The van der Waals surface area contributed by atoms with Crippen molar-refractivity contribution in [2.75, 3.05) is 10.6 Å². The summed E-state index contributed by atoms with van der Waals surface area (Å²) in [4.78, 5) is 27.5. The van der Waals surface area contributed by atoms with E-state index in [2.05, 4.69) is 15.6 Å². The fourth-order valence-corrected chi connectivity index (χ4v) is 1.86. The van der Waals surface area contributed by atoms with E-state index in [0.29, 0.717) is 0 Å². The maximum Gasteiger partial charge on any atom is 0.413 e. The lowest BCUT2D eigenvalue weighted by Gasteiger charge is -2.19. The first-order chi connectivity index (χ1) is 11.7. The third-order valence-electron chi connectivity index (χ3n) is 2.84. The van der Waals surface area contributed by atoms with Crippen LogP contribution in [0.25, 0.3) is 0 Å². The number of anilines is 2. The number of hydrogen-bond donors (Lipinski definition) is 2. The van der Waals surface area contributed by atoms with Crippen molar-refractivity contribution in [1.29, 1.82) is 0 Å². The lowest BCUT2D eigenvalue weighted by molar-refractivity contribution is 0.0635. The van der Waals surface area contributed by atoms with Gasteiger partial charge in [-0.3, -0.25) is 10.1 Å². The smallest absolute Gasteiger partial charge is 0.413 e. The number of nitrogens with one attached hydrogen (secondary N) is 2. The molecule has 25 heavy (non-hydrogen) atoms. The van der Waals surface area contributed by atoms with Crippen molar-refractivity contribution in [3.63, 3.8) is 0 Å². The zero-order chi connectivity index (χ0) is 18.6. The van der Waals surface area contributed by atoms with E-state index in [1.807, 2.05) is 0 Å². The zero-order valence-electron chi connectivity index (χ0n) is 13.9. The van der Waals surface area contributed by atoms with Gasteiger partial charge in [-0.1, -0.05) is 6.07 Å². The molecular weight excluding hydrogens is 332 g/mol. The highest BCUT2D eigenvalue weighted by Gasteiger charge is 2.18. The molecule has 0 fully saturated rings. The van der Waals surface area contributed by atoms with Crippen molar-refractivity contribution in [3.8, 4) is 0 Å². The average molecular weight is 349 g/mol. The van der Waals surface area contributed by atoms with Gasteiger partial charge >= 0.3 is 6.09 Å². The summed E-state index contributed by atoms with van der Waals surface area (Å²) in [6, 6.07) is 5.99. The third kappa shape index (κ3) is 5.23. The molecule has 1 aromatic heterocycles. The summed E-state index contributed by atoms with van der Waals surface area (Å²) in [5.74, 6) is -2.67. The number of aromatic nitrogens is 1. The predicted octanol–water partition coefficient (Wildman–Crippen LogP) is 3.96. The van der Waals surface area contributed by atoms with Crippen molar-refractivity contribution in [2.45, 2.75) is 26.4 Å². The number of carbonyl (C=O) groups excluding carboxylic acids is 2. The summed E-state index contributed by atoms with van der Waals surface area (Å²) < 4.78 is 32.2. The number of hydrogen-bond acceptors (Lipinski definition) is 4. The van der Waals surface area contributed by atoms with Crippen LogP contribution in [0.15, 0.2) is 36.5 Å². The van der Waals surface area contributed by atoms with Crippen molar-refractivity contribution in [2.24, 2.45) is 0 Å². The molecule has 0 saturated heterocycles. The molecule has 1 heterocycles. The van der Waals surface area contributed by atoms with Gasteiger partial charge in [-0.05, 0) is 45.0 Å². The van der Waals surface area contributed by atoms with E-state index in [9.17, 15) is 18.4 Å². The molecule has 132 valence electrons. The zero-order valence-corrected chi connectivity index (χ0v) is 13.9. The fraction of sp³-hybridized carbons (Fsp3) is 0.235. The topological polar surface area (TPSA) is 80.3 Å². The van der Waals surface area contributed by atoms with E-state index in [1.54, 1.807) is 20.8 Å². The molecule has 0 spiro atoms. The monoisotopic (exact) mass is 349 g/mol. The molecule has 2 N–H and O–H groups in total. The number of carbonyl (C=O) groups is 2. The highest BCUT2D eigenvalue weighted by Crippen LogP contribution is 2.16. The lowest BCUT2D eigenvalue weighted by atomic mass is 10.2. The maximum atomic E-state index is 13.6. The molecule has 2 amide bonds. The van der Waals surface area contributed by atoms with Gasteiger partial charge in [0, 0.05) is 0 Å². The summed E-state index contributed by atoms with van der Waals surface area (Å²) in [5.41, 5.74) is -1.12. The molecule has 1 aromatic carbocycles. The van der Waals surface area contributed by atoms with Crippen molar-refractivity contribution in [3.05, 3.63) is 53.7 Å². The largest absolute Gasteiger partial charge is 0.444 e. The minimum atomic E-state index is -0.964. The Kier molecular flexibility index (Phi) is 5.31. The first kappa shape index (κ1) is 18.3. The van der Waals surface area contributed by atoms with E-state index in [1.165, 1.54) is 24.4 Å². The standard InChI is InChI=1S/C17H17F2N3O3/c1-17(2,3)25-16(24)22-13-8-7-10(9-20-13)21-15(23)14-11(18)5-4-6-12(14)19/h4-9H,1-3H3,(H,21,23)(H,20,22,24). The van der Waals surface area contributed by atoms with Crippen LogP contribution in [0.4, 0.5) is 25.1 Å². The van der Waals surface area contributed by atoms with E-state index >= 15 is 0 Å². The summed E-state index contributed by atoms with van der Waals surface area (Å²) in [7, 11) is 0. The lowest BCUT2D eigenvalue weighted by Crippen LogP contribution is -2.27. The molecule has 0 atom stereocenters. The normalized spacial score (nSPS) is 10.9. The Morgan fingerprint density at radius 3 is 2.20 bits per heavy atom. The summed E-state index contributed by atoms with van der Waals surface area (Å²) in [6.45, 7) is 5.17. The van der Waals surface area contributed by atoms with Crippen LogP contribution < -0.4 is 10.6 Å². The predicted molar refractivity (Wildman–Crippen MR) is 88.4 cm³/mol. The van der Waals surface area contributed by atoms with E-state index in [-0.39, 0.29) is 11.5 Å². The Labute approximate surface area is 143 Å². The molecule has 8 heteroatoms. The number of nitrogens with zero attached hydrogens (tertiary/aromatic N) is 1. The second kappa shape index (κ2) is 7.25. The first-order valence-corrected chi connectivity index (χ1v) is 7.37. The molecule has 0 aliphatic heterocycles. The molecule has 0 radical (unpaired) electrons. The number of rotatable bonds is 3. The van der Waals surface area contributed by atoms with Crippen molar-refractivity contribution < 1.29 is 23.1 Å². The Bertz CT molecular complexity index is 766. The Balaban J connectivity index is 2.03. The fourth-order valence-electron chi connectivity index (χ4n) is 1.86. The molecule has 0 saturated carbocycles. The summed E-state index contributed by atoms with van der Waals surface area (Å²) in [5, 5.41) is 4.76. The van der Waals surface area contributed by atoms with Gasteiger partial charge in [0.05, 0.1) is 11.9 Å². The molecule has 0 aliphatic carbocycles. The van der Waals surface area contributed by atoms with Gasteiger partial charge in [-0.2, -0.15) is 0 Å². The molecule has 2 rings (SSSR count). The molecule has 2 aromatic rings. The summed E-state index contributed by atoms with van der Waals surface area (Å²) in [6.07, 6.45) is 0.564. The second-order valence-corrected chi connectivity index (χ2v) is 6.11. The Hall–Kier alpha value is -3.03. The number of pyridine rings is 1. The van der Waals surface area contributed by atoms with Gasteiger partial charge < -0.3 is 10.1 Å². The minimum Gasteiger partial charge on any atom is -0.444 e. The quantitative estimate of drug-likeness (QED) is 0.879. The van der Waals surface area contributed by atoms with Crippen LogP contribution >= 0.6 is 0 Å². The van der Waals surface area contributed by atoms with Crippen LogP contribution in [-0.4, -0.2) is 22.6 Å². The van der Waals surface area contributed by atoms with Gasteiger partial charge in [0.25, 0.3) is 5.91 Å². The highest BCUT2D eigenvalue weighted by atomic mass is 19.1. The molecular formula is C17H17F2N3O3. The van der Waals surface area contributed by atoms with Gasteiger partial charge in [-0.25, -0.2) is 18.6 Å². The van der Waals surface area contributed by atoms with Gasteiger partial charge in [0.1, 0.15) is 28.6 Å². The van der Waals surface area contributed by atoms with Crippen LogP contribution in [0.1, 0.15) is 31.1 Å². The van der Waals surface area contributed by atoms with E-state index < -0.39 is 34.8 Å². The Morgan fingerprint density at radius 2 is 1.68 bits per heavy atom. The Morgan fingerprint density at radius 1 is 1.04 bits per heavy atom. The van der Waals surface area contributed by atoms with Crippen LogP contribution in [-0.2, 0) is 4.74 Å². The molecule has 6 nitrogen and oxygen atoms in total. The van der Waals surface area contributed by atoms with Crippen LogP contribution in [0, 0.1) is 11.6 Å². The maximum absolute atomic E-state index is 13.6. The first-order valence-electron chi connectivity index (χ1n) is 7.37. The van der Waals surface area contributed by atoms with Gasteiger partial charge in [0.2, 0.25) is 0 Å². The number of benzene rings is 1. The number of amides is 2. The summed E-state index contributed by atoms with van der Waals surface area (Å²) >= 11 is 0. The molecule has 0 unspecified atom stereocenters. The van der Waals surface area contributed by atoms with Gasteiger partial charge in [0.15, 0.2) is 0 Å². The van der Waals surface area contributed by atoms with Crippen molar-refractivity contribution in [1.82, 2.24) is 4.98 Å². The van der Waals surface area contributed by atoms with Crippen LogP contribution in [0.2, 0.25) is 0 Å². The highest BCUT2D eigenvalue weighted by molar-refractivity contribution is 6.04. The van der Waals surface area contributed by atoms with E-state index in [0.717, 1.165) is 12.1 Å². The van der Waals surface area contributed by atoms with Gasteiger partial charge in [-0.15, -0.1) is 0 Å². The van der Waals surface area contributed by atoms with E-state index in [4.69, 9.17) is 4.74 Å². The molecule has 0 aliphatic rings.